The minimum Gasteiger partial charge on any atom is -0.478 e. The molecule has 2 N–H and O–H groups in total. The van der Waals surface area contributed by atoms with E-state index < -0.39 is 11.9 Å². The van der Waals surface area contributed by atoms with Crippen molar-refractivity contribution in [1.29, 1.82) is 5.26 Å². The third-order valence-electron chi connectivity index (χ3n) is 3.03. The lowest BCUT2D eigenvalue weighted by atomic mass is 10.1. The van der Waals surface area contributed by atoms with Crippen molar-refractivity contribution < 1.29 is 14.7 Å². The number of hydrogen-bond acceptors (Lipinski definition) is 3. The smallest absolute Gasteiger partial charge is 0.335 e. The van der Waals surface area contributed by atoms with Crippen LogP contribution in [0.15, 0.2) is 48.0 Å². The summed E-state index contributed by atoms with van der Waals surface area (Å²) in [7, 11) is 0. The normalized spacial score (nSPS) is 10.8. The van der Waals surface area contributed by atoms with E-state index in [0.29, 0.717) is 5.56 Å². The van der Waals surface area contributed by atoms with E-state index in [9.17, 15) is 14.9 Å². The van der Waals surface area contributed by atoms with Gasteiger partial charge in [0.2, 0.25) is 0 Å². The van der Waals surface area contributed by atoms with Gasteiger partial charge in [-0.3, -0.25) is 4.79 Å². The van der Waals surface area contributed by atoms with Gasteiger partial charge >= 0.3 is 5.97 Å². The van der Waals surface area contributed by atoms with Gasteiger partial charge in [-0.25, -0.2) is 4.79 Å². The SMILES string of the molecule is N#C/C(=C/c1ccc(C(=O)O)cc1)C(=O)Nc1cccc(Cl)c1Cl. The molecule has 0 aliphatic rings. The summed E-state index contributed by atoms with van der Waals surface area (Å²) < 4.78 is 0. The molecule has 2 aromatic carbocycles. The van der Waals surface area contributed by atoms with Gasteiger partial charge in [0.05, 0.1) is 21.3 Å². The Labute approximate surface area is 147 Å². The number of carboxylic acids is 1. The molecular weight excluding hydrogens is 351 g/mol. The molecule has 0 unspecified atom stereocenters. The molecule has 0 spiro atoms. The molecule has 0 bridgehead atoms. The number of anilines is 1. The summed E-state index contributed by atoms with van der Waals surface area (Å²) >= 11 is 11.9. The van der Waals surface area contributed by atoms with Crippen molar-refractivity contribution in [1.82, 2.24) is 0 Å². The van der Waals surface area contributed by atoms with Crippen LogP contribution in [0.1, 0.15) is 15.9 Å². The molecule has 2 rings (SSSR count). The second-order valence-electron chi connectivity index (χ2n) is 4.65. The molecule has 24 heavy (non-hydrogen) atoms. The molecular formula is C17H10Cl2N2O3. The summed E-state index contributed by atoms with van der Waals surface area (Å²) in [6.45, 7) is 0. The number of nitrogens with zero attached hydrogens (tertiary/aromatic N) is 1. The van der Waals surface area contributed by atoms with Gasteiger partial charge < -0.3 is 10.4 Å². The van der Waals surface area contributed by atoms with Gasteiger partial charge in [0.25, 0.3) is 5.91 Å². The molecule has 120 valence electrons. The van der Waals surface area contributed by atoms with Crippen LogP contribution >= 0.6 is 23.2 Å². The number of aromatic carboxylic acids is 1. The van der Waals surface area contributed by atoms with Crippen LogP contribution < -0.4 is 5.32 Å². The van der Waals surface area contributed by atoms with Crippen LogP contribution in [0.2, 0.25) is 10.0 Å². The molecule has 0 saturated carbocycles. The number of nitriles is 1. The zero-order valence-corrected chi connectivity index (χ0v) is 13.6. The highest BCUT2D eigenvalue weighted by Gasteiger charge is 2.13. The van der Waals surface area contributed by atoms with Crippen molar-refractivity contribution in [3.05, 3.63) is 69.2 Å². The summed E-state index contributed by atoms with van der Waals surface area (Å²) in [5.74, 6) is -1.71. The Kier molecular flexibility index (Phi) is 5.59. The van der Waals surface area contributed by atoms with Gasteiger partial charge in [-0.15, -0.1) is 0 Å². The molecule has 0 saturated heterocycles. The molecule has 0 heterocycles. The monoisotopic (exact) mass is 360 g/mol. The highest BCUT2D eigenvalue weighted by molar-refractivity contribution is 6.44. The van der Waals surface area contributed by atoms with Crippen molar-refractivity contribution in [3.63, 3.8) is 0 Å². The first-order chi connectivity index (χ1) is 11.4. The molecule has 2 aromatic rings. The highest BCUT2D eigenvalue weighted by Crippen LogP contribution is 2.29. The first-order valence-electron chi connectivity index (χ1n) is 6.63. The van der Waals surface area contributed by atoms with Crippen molar-refractivity contribution in [2.45, 2.75) is 0 Å². The minimum atomic E-state index is -1.06. The van der Waals surface area contributed by atoms with Gasteiger partial charge in [0.15, 0.2) is 0 Å². The lowest BCUT2D eigenvalue weighted by Gasteiger charge is -2.07. The second kappa shape index (κ2) is 7.64. The van der Waals surface area contributed by atoms with Crippen LogP contribution in [0.25, 0.3) is 6.08 Å². The quantitative estimate of drug-likeness (QED) is 0.630. The summed E-state index contributed by atoms with van der Waals surface area (Å²) in [5, 5.41) is 21.0. The van der Waals surface area contributed by atoms with Crippen molar-refractivity contribution in [3.8, 4) is 6.07 Å². The van der Waals surface area contributed by atoms with Gasteiger partial charge in [0.1, 0.15) is 11.6 Å². The van der Waals surface area contributed by atoms with E-state index in [-0.39, 0.29) is 26.9 Å². The average molecular weight is 361 g/mol. The van der Waals surface area contributed by atoms with Crippen molar-refractivity contribution in [2.75, 3.05) is 5.32 Å². The van der Waals surface area contributed by atoms with Crippen LogP contribution in [-0.4, -0.2) is 17.0 Å². The number of nitrogens with one attached hydrogen (secondary N) is 1. The number of carboxylic acid groups (broad SMARTS) is 1. The van der Waals surface area contributed by atoms with Gasteiger partial charge in [0, 0.05) is 0 Å². The molecule has 0 fully saturated rings. The summed E-state index contributed by atoms with van der Waals surface area (Å²) in [4.78, 5) is 23.0. The molecule has 0 atom stereocenters. The molecule has 0 aliphatic carbocycles. The summed E-state index contributed by atoms with van der Waals surface area (Å²) in [6.07, 6.45) is 1.35. The van der Waals surface area contributed by atoms with E-state index in [2.05, 4.69) is 5.32 Å². The van der Waals surface area contributed by atoms with Gasteiger partial charge in [-0.2, -0.15) is 5.26 Å². The topological polar surface area (TPSA) is 90.2 Å². The lowest BCUT2D eigenvalue weighted by molar-refractivity contribution is -0.112. The largest absolute Gasteiger partial charge is 0.478 e. The Morgan fingerprint density at radius 2 is 1.79 bits per heavy atom. The standard InChI is InChI=1S/C17H10Cl2N2O3/c18-13-2-1-3-14(15(13)19)21-16(22)12(9-20)8-10-4-6-11(7-5-10)17(23)24/h1-8H,(H,21,22)(H,23,24)/b12-8-. The van der Waals surface area contributed by atoms with Crippen LogP contribution in [0.3, 0.4) is 0 Å². The third-order valence-corrected chi connectivity index (χ3v) is 3.85. The summed E-state index contributed by atoms with van der Waals surface area (Å²) in [6, 6.07) is 12.3. The maximum atomic E-state index is 12.2. The zero-order chi connectivity index (χ0) is 17.7. The summed E-state index contributed by atoms with van der Waals surface area (Å²) in [5.41, 5.74) is 0.760. The number of hydrogen-bond donors (Lipinski definition) is 2. The molecule has 5 nitrogen and oxygen atoms in total. The Morgan fingerprint density at radius 1 is 1.12 bits per heavy atom. The van der Waals surface area contributed by atoms with Crippen LogP contribution in [-0.2, 0) is 4.79 Å². The van der Waals surface area contributed by atoms with Crippen molar-refractivity contribution >= 4 is 46.8 Å². The second-order valence-corrected chi connectivity index (χ2v) is 5.44. The predicted molar refractivity (Wildman–Crippen MR) is 92.1 cm³/mol. The Morgan fingerprint density at radius 3 is 2.38 bits per heavy atom. The molecule has 0 aliphatic heterocycles. The zero-order valence-electron chi connectivity index (χ0n) is 12.1. The molecule has 7 heteroatoms. The highest BCUT2D eigenvalue weighted by atomic mass is 35.5. The molecule has 1 amide bonds. The fourth-order valence-electron chi connectivity index (χ4n) is 1.83. The van der Waals surface area contributed by atoms with Crippen molar-refractivity contribution in [2.24, 2.45) is 0 Å². The predicted octanol–water partition coefficient (Wildman–Crippen LogP) is 4.24. The van der Waals surface area contributed by atoms with Crippen LogP contribution in [0.4, 0.5) is 5.69 Å². The Hall–Kier alpha value is -2.81. The first-order valence-corrected chi connectivity index (χ1v) is 7.38. The average Bonchev–Trinajstić information content (AvgIpc) is 2.57. The van der Waals surface area contributed by atoms with Crippen LogP contribution in [0.5, 0.6) is 0 Å². The van der Waals surface area contributed by atoms with E-state index in [4.69, 9.17) is 28.3 Å². The van der Waals surface area contributed by atoms with E-state index in [1.807, 2.05) is 0 Å². The van der Waals surface area contributed by atoms with E-state index in [0.717, 1.165) is 0 Å². The van der Waals surface area contributed by atoms with E-state index in [1.165, 1.54) is 30.3 Å². The number of amides is 1. The minimum absolute atomic E-state index is 0.112. The van der Waals surface area contributed by atoms with E-state index in [1.54, 1.807) is 24.3 Å². The Balaban J connectivity index is 2.24. The fourth-order valence-corrected chi connectivity index (χ4v) is 2.17. The van der Waals surface area contributed by atoms with Crippen LogP contribution in [0, 0.1) is 11.3 Å². The number of carbonyl (C=O) groups excluding carboxylic acids is 1. The molecule has 0 aromatic heterocycles. The lowest BCUT2D eigenvalue weighted by Crippen LogP contribution is -2.13. The third kappa shape index (κ3) is 4.13. The molecule has 0 radical (unpaired) electrons. The fraction of sp³-hybridized carbons (Fsp3) is 0. The van der Waals surface area contributed by atoms with Gasteiger partial charge in [-0.05, 0) is 35.9 Å². The maximum absolute atomic E-state index is 12.2. The Bertz CT molecular complexity index is 868. The maximum Gasteiger partial charge on any atom is 0.335 e. The van der Waals surface area contributed by atoms with Gasteiger partial charge in [-0.1, -0.05) is 41.4 Å². The number of rotatable bonds is 4. The number of carbonyl (C=O) groups is 2. The number of halogens is 2. The first kappa shape index (κ1) is 17.5. The van der Waals surface area contributed by atoms with E-state index >= 15 is 0 Å². The number of benzene rings is 2.